The first-order valence-corrected chi connectivity index (χ1v) is 8.52. The molecule has 0 bridgehead atoms. The molecule has 3 heterocycles. The molecule has 0 unspecified atom stereocenters. The van der Waals surface area contributed by atoms with Crippen LogP contribution in [0.2, 0.25) is 0 Å². The summed E-state index contributed by atoms with van der Waals surface area (Å²) in [5, 5.41) is 7.25. The summed E-state index contributed by atoms with van der Waals surface area (Å²) < 4.78 is 5.32. The molecule has 4 rings (SSSR count). The third kappa shape index (κ3) is 3.11. The number of aryl methyl sites for hydroxylation is 1. The zero-order chi connectivity index (χ0) is 18.1. The van der Waals surface area contributed by atoms with Gasteiger partial charge in [0.05, 0.1) is 18.6 Å². The lowest BCUT2D eigenvalue weighted by Crippen LogP contribution is -2.42. The highest BCUT2D eigenvalue weighted by Gasteiger charge is 2.31. The Morgan fingerprint density at radius 1 is 1.42 bits per heavy atom. The first kappa shape index (κ1) is 16.5. The number of H-pyrrole nitrogens is 1. The average Bonchev–Trinajstić information content (AvgIpc) is 3.30. The fourth-order valence-corrected chi connectivity index (χ4v) is 3.14. The maximum atomic E-state index is 12.8. The Kier molecular flexibility index (Phi) is 4.26. The number of hydrogen-bond donors (Lipinski definition) is 2. The van der Waals surface area contributed by atoms with E-state index in [-0.39, 0.29) is 12.5 Å². The third-order valence-corrected chi connectivity index (χ3v) is 4.49. The maximum absolute atomic E-state index is 12.8. The molecule has 1 amide bonds. The molecular formula is C18H20N6O2. The van der Waals surface area contributed by atoms with Crippen LogP contribution in [0.25, 0.3) is 11.4 Å². The van der Waals surface area contributed by atoms with Crippen LogP contribution in [-0.4, -0.2) is 44.5 Å². The van der Waals surface area contributed by atoms with Gasteiger partial charge in [0.25, 0.3) is 0 Å². The van der Waals surface area contributed by atoms with Gasteiger partial charge in [0, 0.05) is 31.3 Å². The second-order valence-electron chi connectivity index (χ2n) is 6.48. The van der Waals surface area contributed by atoms with E-state index in [1.165, 1.54) is 0 Å². The van der Waals surface area contributed by atoms with Gasteiger partial charge in [-0.3, -0.25) is 4.79 Å². The summed E-state index contributed by atoms with van der Waals surface area (Å²) in [4.78, 5) is 26.2. The van der Waals surface area contributed by atoms with Crippen LogP contribution in [0.1, 0.15) is 28.9 Å². The fraction of sp³-hybridized carbons (Fsp3) is 0.333. The number of amides is 1. The number of rotatable bonds is 4. The summed E-state index contributed by atoms with van der Waals surface area (Å²) in [6.07, 6.45) is 2.47. The Balaban J connectivity index is 1.47. The van der Waals surface area contributed by atoms with E-state index in [4.69, 9.17) is 4.52 Å². The van der Waals surface area contributed by atoms with Crippen LogP contribution in [0.3, 0.4) is 0 Å². The lowest BCUT2D eigenvalue weighted by molar-refractivity contribution is -0.133. The highest BCUT2D eigenvalue weighted by Crippen LogP contribution is 2.22. The molecule has 1 atom stereocenters. The molecule has 1 aliphatic rings. The lowest BCUT2D eigenvalue weighted by atomic mass is 10.0. The van der Waals surface area contributed by atoms with Crippen LogP contribution in [-0.2, 0) is 17.8 Å². The monoisotopic (exact) mass is 352 g/mol. The Hall–Kier alpha value is -3.00. The molecule has 8 heteroatoms. The quantitative estimate of drug-likeness (QED) is 0.740. The summed E-state index contributed by atoms with van der Waals surface area (Å²) in [6, 6.07) is 7.44. The number of benzene rings is 1. The molecule has 134 valence electrons. The minimum absolute atomic E-state index is 0.0756. The summed E-state index contributed by atoms with van der Waals surface area (Å²) in [7, 11) is 1.72. The molecule has 0 aliphatic carbocycles. The number of likely N-dealkylation sites (N-methyl/N-ethyl adjacent to an activating group) is 1. The van der Waals surface area contributed by atoms with Crippen molar-refractivity contribution >= 4 is 5.91 Å². The smallest absolute Gasteiger partial charge is 0.246 e. The van der Waals surface area contributed by atoms with E-state index in [9.17, 15) is 4.79 Å². The number of nitrogens with zero attached hydrogens (tertiary/aromatic N) is 4. The fourth-order valence-electron chi connectivity index (χ4n) is 3.14. The van der Waals surface area contributed by atoms with Crippen LogP contribution in [0, 0.1) is 6.92 Å². The van der Waals surface area contributed by atoms with Gasteiger partial charge in [-0.15, -0.1) is 0 Å². The van der Waals surface area contributed by atoms with E-state index >= 15 is 0 Å². The molecule has 0 spiro atoms. The Labute approximate surface area is 150 Å². The topological polar surface area (TPSA) is 99.9 Å². The molecule has 0 radical (unpaired) electrons. The zero-order valence-corrected chi connectivity index (χ0v) is 14.7. The standard InChI is InChI=1S/C18H20N6O2/c1-11-4-3-5-12(8-11)17-22-14(26-23-17)9-24(2)18(25)16-15-13(6-7-19-16)20-10-21-15/h3-5,8,10,16,19H,6-7,9H2,1-2H3,(H,20,21)/t16-/m1/s1. The van der Waals surface area contributed by atoms with Gasteiger partial charge in [-0.2, -0.15) is 4.98 Å². The van der Waals surface area contributed by atoms with Crippen molar-refractivity contribution in [3.63, 3.8) is 0 Å². The number of carbonyl (C=O) groups is 1. The van der Waals surface area contributed by atoms with E-state index in [0.29, 0.717) is 11.7 Å². The van der Waals surface area contributed by atoms with Gasteiger partial charge in [-0.1, -0.05) is 28.9 Å². The van der Waals surface area contributed by atoms with Crippen molar-refractivity contribution in [3.05, 3.63) is 53.4 Å². The minimum Gasteiger partial charge on any atom is -0.348 e. The van der Waals surface area contributed by atoms with Crippen molar-refractivity contribution in [1.29, 1.82) is 0 Å². The largest absolute Gasteiger partial charge is 0.348 e. The summed E-state index contributed by atoms with van der Waals surface area (Å²) in [6.45, 7) is 2.99. The van der Waals surface area contributed by atoms with Gasteiger partial charge in [-0.25, -0.2) is 4.98 Å². The van der Waals surface area contributed by atoms with Gasteiger partial charge in [0.2, 0.25) is 17.6 Å². The molecule has 0 saturated heterocycles. The van der Waals surface area contributed by atoms with E-state index < -0.39 is 6.04 Å². The second-order valence-corrected chi connectivity index (χ2v) is 6.48. The zero-order valence-electron chi connectivity index (χ0n) is 14.7. The van der Waals surface area contributed by atoms with E-state index in [1.807, 2.05) is 31.2 Å². The molecule has 2 N–H and O–H groups in total. The SMILES string of the molecule is Cc1cccc(-c2noc(CN(C)C(=O)[C@@H]3NCCc4[nH]cnc43)n2)c1. The number of aromatic nitrogens is 4. The number of hydrogen-bond acceptors (Lipinski definition) is 6. The summed E-state index contributed by atoms with van der Waals surface area (Å²) in [5.74, 6) is 0.846. The van der Waals surface area contributed by atoms with Gasteiger partial charge in [0.1, 0.15) is 6.04 Å². The minimum atomic E-state index is -0.450. The Morgan fingerprint density at radius 2 is 2.31 bits per heavy atom. The highest BCUT2D eigenvalue weighted by molar-refractivity contribution is 5.83. The molecule has 3 aromatic rings. The molecule has 0 fully saturated rings. The third-order valence-electron chi connectivity index (χ3n) is 4.49. The number of nitrogens with one attached hydrogen (secondary N) is 2. The molecular weight excluding hydrogens is 332 g/mol. The molecule has 0 saturated carbocycles. The van der Waals surface area contributed by atoms with Crippen molar-refractivity contribution in [1.82, 2.24) is 30.3 Å². The maximum Gasteiger partial charge on any atom is 0.246 e. The predicted molar refractivity (Wildman–Crippen MR) is 94.0 cm³/mol. The highest BCUT2D eigenvalue weighted by atomic mass is 16.5. The van der Waals surface area contributed by atoms with Gasteiger partial charge in [0.15, 0.2) is 0 Å². The van der Waals surface area contributed by atoms with Gasteiger partial charge >= 0.3 is 0 Å². The Bertz CT molecular complexity index is 931. The van der Waals surface area contributed by atoms with Crippen molar-refractivity contribution in [2.24, 2.45) is 0 Å². The van der Waals surface area contributed by atoms with Crippen LogP contribution < -0.4 is 5.32 Å². The molecule has 1 aromatic carbocycles. The number of imidazole rings is 1. The molecule has 2 aromatic heterocycles. The molecule has 26 heavy (non-hydrogen) atoms. The summed E-state index contributed by atoms with van der Waals surface area (Å²) in [5.41, 5.74) is 3.79. The Morgan fingerprint density at radius 3 is 3.15 bits per heavy atom. The van der Waals surface area contributed by atoms with Crippen molar-refractivity contribution in [3.8, 4) is 11.4 Å². The van der Waals surface area contributed by atoms with Crippen molar-refractivity contribution in [2.45, 2.75) is 25.9 Å². The van der Waals surface area contributed by atoms with Crippen LogP contribution in [0.5, 0.6) is 0 Å². The van der Waals surface area contributed by atoms with Gasteiger partial charge in [-0.05, 0) is 13.0 Å². The second kappa shape index (κ2) is 6.72. The van der Waals surface area contributed by atoms with Gasteiger partial charge < -0.3 is 19.7 Å². The van der Waals surface area contributed by atoms with Crippen LogP contribution in [0.4, 0.5) is 0 Å². The first-order chi connectivity index (χ1) is 12.6. The van der Waals surface area contributed by atoms with Crippen molar-refractivity contribution in [2.75, 3.05) is 13.6 Å². The average molecular weight is 352 g/mol. The molecule has 1 aliphatic heterocycles. The first-order valence-electron chi connectivity index (χ1n) is 8.52. The van der Waals surface area contributed by atoms with Crippen LogP contribution in [0.15, 0.2) is 35.1 Å². The number of carbonyl (C=O) groups excluding carboxylic acids is 1. The van der Waals surface area contributed by atoms with Crippen LogP contribution >= 0.6 is 0 Å². The lowest BCUT2D eigenvalue weighted by Gasteiger charge is -2.26. The number of aromatic amines is 1. The number of fused-ring (bicyclic) bond motifs is 1. The normalized spacial score (nSPS) is 16.3. The van der Waals surface area contributed by atoms with E-state index in [1.54, 1.807) is 18.3 Å². The van der Waals surface area contributed by atoms with Crippen molar-refractivity contribution < 1.29 is 9.32 Å². The van der Waals surface area contributed by atoms with E-state index in [0.717, 1.165) is 35.5 Å². The van der Waals surface area contributed by atoms with E-state index in [2.05, 4.69) is 25.4 Å². The molecule has 8 nitrogen and oxygen atoms in total. The summed E-state index contributed by atoms with van der Waals surface area (Å²) >= 11 is 0. The predicted octanol–water partition coefficient (Wildman–Crippen LogP) is 1.61.